The van der Waals surface area contributed by atoms with Gasteiger partial charge in [-0.25, -0.2) is 4.98 Å². The molecule has 0 fully saturated rings. The molecular formula is C21H23N5O. The lowest BCUT2D eigenvalue weighted by Gasteiger charge is -2.11. The lowest BCUT2D eigenvalue weighted by atomic mass is 10.1. The van der Waals surface area contributed by atoms with Crippen molar-refractivity contribution in [2.45, 2.75) is 33.4 Å². The number of rotatable bonds is 7. The van der Waals surface area contributed by atoms with E-state index in [9.17, 15) is 4.79 Å². The molecule has 3 aromatic rings. The Morgan fingerprint density at radius 2 is 2.15 bits per heavy atom. The molecule has 0 aliphatic carbocycles. The van der Waals surface area contributed by atoms with Crippen LogP contribution in [0.4, 0.5) is 5.69 Å². The minimum Gasteiger partial charge on any atom is -0.326 e. The number of hydrogen-bond donors (Lipinski definition) is 2. The molecule has 0 aliphatic heterocycles. The molecule has 0 bridgehead atoms. The van der Waals surface area contributed by atoms with Crippen molar-refractivity contribution in [1.29, 1.82) is 5.26 Å². The number of carbonyl (C=O) groups is 1. The zero-order chi connectivity index (χ0) is 19.2. The molecule has 1 amide bonds. The molecule has 6 nitrogen and oxygen atoms in total. The summed E-state index contributed by atoms with van der Waals surface area (Å²) in [5, 5.41) is 15.4. The zero-order valence-corrected chi connectivity index (χ0v) is 15.6. The van der Waals surface area contributed by atoms with Crippen molar-refractivity contribution in [3.05, 3.63) is 65.6 Å². The SMILES string of the molecule is CCC(C)C(=O)Nc1cccc(CNCc2cnc3ccc(C#N)cn23)c1. The van der Waals surface area contributed by atoms with Gasteiger partial charge in [0.05, 0.1) is 17.5 Å². The maximum absolute atomic E-state index is 12.0. The molecular weight excluding hydrogens is 338 g/mol. The average molecular weight is 361 g/mol. The van der Waals surface area contributed by atoms with Crippen molar-refractivity contribution >= 4 is 17.2 Å². The number of imidazole rings is 1. The summed E-state index contributed by atoms with van der Waals surface area (Å²) in [4.78, 5) is 16.4. The number of aromatic nitrogens is 2. The molecule has 138 valence electrons. The van der Waals surface area contributed by atoms with Gasteiger partial charge in [0.2, 0.25) is 5.91 Å². The summed E-state index contributed by atoms with van der Waals surface area (Å²) < 4.78 is 1.92. The Morgan fingerprint density at radius 1 is 1.30 bits per heavy atom. The van der Waals surface area contributed by atoms with Crippen LogP contribution in [0.5, 0.6) is 0 Å². The molecule has 2 heterocycles. The van der Waals surface area contributed by atoms with Crippen molar-refractivity contribution in [3.63, 3.8) is 0 Å². The number of pyridine rings is 1. The van der Waals surface area contributed by atoms with Crippen molar-refractivity contribution in [2.24, 2.45) is 5.92 Å². The lowest BCUT2D eigenvalue weighted by Crippen LogP contribution is -2.20. The highest BCUT2D eigenvalue weighted by atomic mass is 16.1. The fourth-order valence-electron chi connectivity index (χ4n) is 2.77. The molecule has 0 spiro atoms. The molecule has 6 heteroatoms. The largest absolute Gasteiger partial charge is 0.326 e. The second-order valence-electron chi connectivity index (χ2n) is 6.61. The minimum absolute atomic E-state index is 0.000213. The minimum atomic E-state index is 0.000213. The Morgan fingerprint density at radius 3 is 2.93 bits per heavy atom. The summed E-state index contributed by atoms with van der Waals surface area (Å²) in [6, 6.07) is 13.6. The number of fused-ring (bicyclic) bond motifs is 1. The first-order chi connectivity index (χ1) is 13.1. The average Bonchev–Trinajstić information content (AvgIpc) is 3.09. The Bertz CT molecular complexity index is 986. The highest BCUT2D eigenvalue weighted by Gasteiger charge is 2.10. The van der Waals surface area contributed by atoms with E-state index in [1.54, 1.807) is 12.3 Å². The van der Waals surface area contributed by atoms with Gasteiger partial charge in [-0.1, -0.05) is 26.0 Å². The van der Waals surface area contributed by atoms with Crippen molar-refractivity contribution in [2.75, 3.05) is 5.32 Å². The normalized spacial score (nSPS) is 11.9. The Kier molecular flexibility index (Phi) is 5.84. The maximum Gasteiger partial charge on any atom is 0.227 e. The summed E-state index contributed by atoms with van der Waals surface area (Å²) in [6.45, 7) is 5.22. The van der Waals surface area contributed by atoms with Gasteiger partial charge in [-0.05, 0) is 36.2 Å². The van der Waals surface area contributed by atoms with Crippen molar-refractivity contribution in [1.82, 2.24) is 14.7 Å². The Hall–Kier alpha value is -3.17. The van der Waals surface area contributed by atoms with E-state index in [2.05, 4.69) is 21.7 Å². The van der Waals surface area contributed by atoms with E-state index in [1.807, 2.05) is 54.8 Å². The molecule has 1 atom stereocenters. The molecule has 3 rings (SSSR count). The first-order valence-corrected chi connectivity index (χ1v) is 9.07. The van der Waals surface area contributed by atoms with E-state index in [0.717, 1.165) is 29.0 Å². The second kappa shape index (κ2) is 8.47. The highest BCUT2D eigenvalue weighted by Crippen LogP contribution is 2.14. The van der Waals surface area contributed by atoms with E-state index >= 15 is 0 Å². The molecule has 0 aliphatic rings. The molecule has 0 radical (unpaired) electrons. The van der Waals surface area contributed by atoms with Crippen LogP contribution in [0.25, 0.3) is 5.65 Å². The van der Waals surface area contributed by atoms with Crippen LogP contribution in [-0.4, -0.2) is 15.3 Å². The van der Waals surface area contributed by atoms with Gasteiger partial charge in [-0.2, -0.15) is 5.26 Å². The third-order valence-electron chi connectivity index (χ3n) is 4.60. The number of anilines is 1. The number of amides is 1. The first-order valence-electron chi connectivity index (χ1n) is 9.07. The van der Waals surface area contributed by atoms with Crippen LogP contribution >= 0.6 is 0 Å². The number of benzene rings is 1. The monoisotopic (exact) mass is 361 g/mol. The highest BCUT2D eigenvalue weighted by molar-refractivity contribution is 5.92. The van der Waals surface area contributed by atoms with Gasteiger partial charge in [0.15, 0.2) is 0 Å². The molecule has 1 aromatic carbocycles. The van der Waals surface area contributed by atoms with Gasteiger partial charge in [0.25, 0.3) is 0 Å². The third kappa shape index (κ3) is 4.52. The van der Waals surface area contributed by atoms with Crippen LogP contribution in [0, 0.1) is 17.2 Å². The van der Waals surface area contributed by atoms with Gasteiger partial charge in [-0.15, -0.1) is 0 Å². The van der Waals surface area contributed by atoms with Gasteiger partial charge >= 0.3 is 0 Å². The summed E-state index contributed by atoms with van der Waals surface area (Å²) in [5.41, 5.74) is 4.31. The van der Waals surface area contributed by atoms with Gasteiger partial charge < -0.3 is 15.0 Å². The van der Waals surface area contributed by atoms with Crippen LogP contribution in [0.1, 0.15) is 37.1 Å². The van der Waals surface area contributed by atoms with Crippen molar-refractivity contribution in [3.8, 4) is 6.07 Å². The standard InChI is InChI=1S/C21H23N5O/c1-3-15(2)21(27)25-18-6-4-5-16(9-18)11-23-12-19-13-24-20-8-7-17(10-22)14-26(19)20/h4-9,13-15,23H,3,11-12H2,1-2H3,(H,25,27). The van der Waals surface area contributed by atoms with Crippen molar-refractivity contribution < 1.29 is 4.79 Å². The van der Waals surface area contributed by atoms with Crippen LogP contribution in [0.3, 0.4) is 0 Å². The van der Waals surface area contributed by atoms with Gasteiger partial charge in [-0.3, -0.25) is 4.79 Å². The third-order valence-corrected chi connectivity index (χ3v) is 4.60. The fourth-order valence-corrected chi connectivity index (χ4v) is 2.77. The van der Waals surface area contributed by atoms with E-state index in [1.165, 1.54) is 0 Å². The molecule has 0 saturated heterocycles. The summed E-state index contributed by atoms with van der Waals surface area (Å²) in [7, 11) is 0. The lowest BCUT2D eigenvalue weighted by molar-refractivity contribution is -0.119. The molecule has 1 unspecified atom stereocenters. The van der Waals surface area contributed by atoms with Gasteiger partial charge in [0.1, 0.15) is 11.7 Å². The fraction of sp³-hybridized carbons (Fsp3) is 0.286. The van der Waals surface area contributed by atoms with E-state index in [0.29, 0.717) is 18.7 Å². The Balaban J connectivity index is 1.62. The number of nitrogens with zero attached hydrogens (tertiary/aromatic N) is 3. The molecule has 27 heavy (non-hydrogen) atoms. The number of carbonyl (C=O) groups excluding carboxylic acids is 1. The van der Waals surface area contributed by atoms with Crippen LogP contribution in [0.15, 0.2) is 48.8 Å². The first kappa shape index (κ1) is 18.6. The Labute approximate surface area is 158 Å². The maximum atomic E-state index is 12.0. The summed E-state index contributed by atoms with van der Waals surface area (Å²) >= 11 is 0. The number of nitriles is 1. The van der Waals surface area contributed by atoms with E-state index in [-0.39, 0.29) is 11.8 Å². The number of hydrogen-bond acceptors (Lipinski definition) is 4. The predicted octanol–water partition coefficient (Wildman–Crippen LogP) is 3.48. The molecule has 0 saturated carbocycles. The number of nitrogens with one attached hydrogen (secondary N) is 2. The molecule has 2 N–H and O–H groups in total. The van der Waals surface area contributed by atoms with Crippen LogP contribution in [-0.2, 0) is 17.9 Å². The van der Waals surface area contributed by atoms with Crippen LogP contribution in [0.2, 0.25) is 0 Å². The summed E-state index contributed by atoms with van der Waals surface area (Å²) in [5.74, 6) is 0.0434. The zero-order valence-electron chi connectivity index (χ0n) is 15.6. The van der Waals surface area contributed by atoms with E-state index < -0.39 is 0 Å². The smallest absolute Gasteiger partial charge is 0.227 e. The van der Waals surface area contributed by atoms with Gasteiger partial charge in [0, 0.05) is 30.9 Å². The second-order valence-corrected chi connectivity index (χ2v) is 6.61. The topological polar surface area (TPSA) is 82.2 Å². The molecule has 2 aromatic heterocycles. The van der Waals surface area contributed by atoms with E-state index in [4.69, 9.17) is 5.26 Å². The summed E-state index contributed by atoms with van der Waals surface area (Å²) in [6.07, 6.45) is 4.43. The van der Waals surface area contributed by atoms with Crippen LogP contribution < -0.4 is 10.6 Å². The quantitative estimate of drug-likeness (QED) is 0.675. The predicted molar refractivity (Wildman–Crippen MR) is 105 cm³/mol.